The molecule has 0 bridgehead atoms. The number of fused-ring (bicyclic) bond motifs is 8. The van der Waals surface area contributed by atoms with E-state index in [9.17, 15) is 9.59 Å². The first-order valence-electron chi connectivity index (χ1n) is 25.4. The summed E-state index contributed by atoms with van der Waals surface area (Å²) in [4.78, 5) is 63.7. The molecule has 12 rings (SSSR count). The summed E-state index contributed by atoms with van der Waals surface area (Å²) < 4.78 is 15.5. The summed E-state index contributed by atoms with van der Waals surface area (Å²) in [5.74, 6) is 1.56. The maximum Gasteiger partial charge on any atom is 0.410 e. The fraction of sp³-hybridized carbons (Fsp3) is 0.444. The molecule has 73 heavy (non-hydrogen) atoms. The van der Waals surface area contributed by atoms with Crippen molar-refractivity contribution in [2.45, 2.75) is 142 Å². The van der Waals surface area contributed by atoms with E-state index in [1.807, 2.05) is 109 Å². The van der Waals surface area contributed by atoms with Crippen LogP contribution in [0.1, 0.15) is 128 Å². The van der Waals surface area contributed by atoms with E-state index in [2.05, 4.69) is 44.4 Å². The number of nitrogens with zero attached hydrogens (tertiary/aromatic N) is 12. The minimum atomic E-state index is -0.509. The second kappa shape index (κ2) is 20.4. The molecule has 0 saturated heterocycles. The minimum Gasteiger partial charge on any atom is -0.444 e. The molecule has 0 atom stereocenters. The van der Waals surface area contributed by atoms with Gasteiger partial charge in [-0.05, 0) is 103 Å². The number of amides is 2. The van der Waals surface area contributed by atoms with Crippen LogP contribution in [0.3, 0.4) is 0 Å². The Kier molecular flexibility index (Phi) is 13.8. The van der Waals surface area contributed by atoms with Gasteiger partial charge in [0.05, 0.1) is 36.5 Å². The van der Waals surface area contributed by atoms with Gasteiger partial charge in [0.25, 0.3) is 0 Å². The van der Waals surface area contributed by atoms with Crippen LogP contribution >= 0.6 is 11.6 Å². The summed E-state index contributed by atoms with van der Waals surface area (Å²) in [6, 6.07) is 12.6. The zero-order chi connectivity index (χ0) is 51.0. The molecule has 18 nitrogen and oxygen atoms in total. The molecule has 380 valence electrons. The number of aromatic nitrogens is 10. The van der Waals surface area contributed by atoms with Crippen LogP contribution in [0.2, 0.25) is 5.15 Å². The maximum absolute atomic E-state index is 12.5. The molecule has 3 N–H and O–H groups in total. The van der Waals surface area contributed by atoms with Crippen LogP contribution in [0.25, 0.3) is 43.9 Å². The van der Waals surface area contributed by atoms with Crippen molar-refractivity contribution in [1.29, 1.82) is 0 Å². The van der Waals surface area contributed by atoms with E-state index < -0.39 is 11.2 Å². The third-order valence-corrected chi connectivity index (χ3v) is 13.9. The first kappa shape index (κ1) is 49.4. The Balaban J connectivity index is 0.000000139. The Labute approximate surface area is 429 Å². The fourth-order valence-electron chi connectivity index (χ4n) is 10.4. The molecular formula is C54H63ClN14O4. The van der Waals surface area contributed by atoms with Crippen LogP contribution < -0.4 is 11.1 Å². The highest BCUT2D eigenvalue weighted by Gasteiger charge is 2.29. The molecule has 8 aromatic rings. The number of ether oxygens (including phenoxy) is 2. The summed E-state index contributed by atoms with van der Waals surface area (Å²) in [7, 11) is 0. The lowest BCUT2D eigenvalue weighted by atomic mass is 10.1. The average Bonchev–Trinajstić information content (AvgIpc) is 4.19. The summed E-state index contributed by atoms with van der Waals surface area (Å²) in [5.41, 5.74) is 13.0. The lowest BCUT2D eigenvalue weighted by molar-refractivity contribution is 0.0212. The molecule has 0 unspecified atom stereocenters. The van der Waals surface area contributed by atoms with Crippen molar-refractivity contribution in [2.75, 3.05) is 24.1 Å². The maximum atomic E-state index is 12.5. The molecule has 2 aliphatic heterocycles. The van der Waals surface area contributed by atoms with Gasteiger partial charge in [-0.2, -0.15) is 9.97 Å². The highest BCUT2D eigenvalue weighted by atomic mass is 35.5. The summed E-state index contributed by atoms with van der Waals surface area (Å²) in [5, 5.41) is 8.22. The van der Waals surface area contributed by atoms with Crippen LogP contribution in [-0.2, 0) is 35.4 Å². The first-order chi connectivity index (χ1) is 35.0. The molecule has 0 aromatic carbocycles. The molecule has 10 heterocycles. The molecule has 0 radical (unpaired) electrons. The number of nitrogen functional groups attached to an aromatic ring is 1. The SMILES string of the molecule is CC(C)(C)OC(=O)N1CCc2nc(Cl)ccc2C1.CC(C)(C)OC(=O)N1CCc2nc(Nc3ncc4c5ccncc5n(C5CCCC5)c4n3)ccc2C1.Nc1ncc2c3ccncc3n(C3CCCC3)c2n1. The zero-order valence-corrected chi connectivity index (χ0v) is 43.2. The molecule has 0 spiro atoms. The topological polar surface area (TPSA) is 210 Å². The third-order valence-electron chi connectivity index (χ3n) is 13.7. The largest absolute Gasteiger partial charge is 0.444 e. The quantitative estimate of drug-likeness (QED) is 0.157. The fourth-order valence-corrected chi connectivity index (χ4v) is 10.6. The lowest BCUT2D eigenvalue weighted by Gasteiger charge is -2.30. The van der Waals surface area contributed by atoms with Crippen LogP contribution in [0.15, 0.2) is 73.6 Å². The van der Waals surface area contributed by atoms with Gasteiger partial charge in [-0.1, -0.05) is 49.4 Å². The Morgan fingerprint density at radius 1 is 0.616 bits per heavy atom. The van der Waals surface area contributed by atoms with Crippen molar-refractivity contribution >= 4 is 85.4 Å². The van der Waals surface area contributed by atoms with Gasteiger partial charge >= 0.3 is 12.2 Å². The Bertz CT molecular complexity index is 3330. The molecule has 4 aliphatic rings. The number of rotatable bonds is 4. The van der Waals surface area contributed by atoms with Crippen molar-refractivity contribution in [3.8, 4) is 0 Å². The lowest BCUT2D eigenvalue weighted by Crippen LogP contribution is -2.40. The summed E-state index contributed by atoms with van der Waals surface area (Å²) in [6.45, 7) is 13.5. The second-order valence-corrected chi connectivity index (χ2v) is 21.7. The second-order valence-electron chi connectivity index (χ2n) is 21.3. The smallest absolute Gasteiger partial charge is 0.410 e. The van der Waals surface area contributed by atoms with Gasteiger partial charge < -0.3 is 39.5 Å². The molecule has 19 heteroatoms. The zero-order valence-electron chi connectivity index (χ0n) is 42.4. The van der Waals surface area contributed by atoms with E-state index in [-0.39, 0.29) is 12.2 Å². The average molecular weight is 1010 g/mol. The van der Waals surface area contributed by atoms with E-state index in [4.69, 9.17) is 36.8 Å². The number of hydrogen-bond acceptors (Lipinski definition) is 14. The number of nitrogens with one attached hydrogen (secondary N) is 1. The van der Waals surface area contributed by atoms with E-state index in [0.717, 1.165) is 85.6 Å². The predicted molar refractivity (Wildman–Crippen MR) is 283 cm³/mol. The van der Waals surface area contributed by atoms with E-state index in [1.54, 1.807) is 15.9 Å². The number of pyridine rings is 4. The molecule has 2 saturated carbocycles. The van der Waals surface area contributed by atoms with Gasteiger partial charge in [-0.3, -0.25) is 9.97 Å². The normalized spacial score (nSPS) is 16.2. The van der Waals surface area contributed by atoms with Gasteiger partial charge in [0.15, 0.2) is 0 Å². The van der Waals surface area contributed by atoms with E-state index >= 15 is 0 Å². The highest BCUT2D eigenvalue weighted by Crippen LogP contribution is 2.39. The van der Waals surface area contributed by atoms with Gasteiger partial charge in [-0.15, -0.1) is 0 Å². The van der Waals surface area contributed by atoms with Crippen LogP contribution in [0.5, 0.6) is 0 Å². The molecule has 8 aromatic heterocycles. The third kappa shape index (κ3) is 10.9. The number of carbonyl (C=O) groups excluding carboxylic acids is 2. The van der Waals surface area contributed by atoms with Gasteiger partial charge in [0, 0.05) is 95.7 Å². The first-order valence-corrected chi connectivity index (χ1v) is 25.8. The van der Waals surface area contributed by atoms with E-state index in [1.165, 1.54) is 38.5 Å². The molecule has 2 fully saturated rings. The highest BCUT2D eigenvalue weighted by molar-refractivity contribution is 6.29. The Morgan fingerprint density at radius 3 is 1.64 bits per heavy atom. The number of carbonyl (C=O) groups is 2. The number of anilines is 3. The van der Waals surface area contributed by atoms with Crippen molar-refractivity contribution in [3.63, 3.8) is 0 Å². The summed E-state index contributed by atoms with van der Waals surface area (Å²) >= 11 is 5.85. The van der Waals surface area contributed by atoms with Crippen molar-refractivity contribution in [1.82, 2.24) is 58.8 Å². The van der Waals surface area contributed by atoms with Gasteiger partial charge in [0.1, 0.15) is 33.5 Å². The number of nitrogens with two attached hydrogens (primary N) is 1. The van der Waals surface area contributed by atoms with Crippen LogP contribution in [0, 0.1) is 0 Å². The number of hydrogen-bond donors (Lipinski definition) is 2. The van der Waals surface area contributed by atoms with Gasteiger partial charge in [-0.25, -0.2) is 29.5 Å². The standard InChI is InChI=1S/C27H31N7O2.C14H15N5.C13H17ClN2O2/c1-27(2,3)36-26(35)33-13-11-21-17(16-33)8-9-23(30-21)31-25-29-14-20-19-10-12-28-15-22(19)34(24(20)32-25)18-6-4-5-7-18;15-14-17-7-11-10-5-6-16-8-12(10)19(13(11)18-14)9-3-1-2-4-9;1-13(2,3)18-12(17)16-7-6-10-9(8-16)4-5-11(14)15-10/h8-10,12,14-15,18H,4-7,11,13,16H2,1-3H3,(H,29,30,31,32);5-9H,1-4H2,(H2,15,17,18);4-5H,6-8H2,1-3H3. The van der Waals surface area contributed by atoms with Gasteiger partial charge in [0.2, 0.25) is 11.9 Å². The minimum absolute atomic E-state index is 0.275. The Morgan fingerprint density at radius 2 is 1.11 bits per heavy atom. The number of halogens is 1. The van der Waals surface area contributed by atoms with Crippen LogP contribution in [0.4, 0.5) is 27.3 Å². The summed E-state index contributed by atoms with van der Waals surface area (Å²) in [6.07, 6.45) is 21.8. The Hall–Kier alpha value is -7.21. The van der Waals surface area contributed by atoms with Crippen LogP contribution in [-0.4, -0.2) is 95.3 Å². The molecule has 2 amide bonds. The van der Waals surface area contributed by atoms with Crippen molar-refractivity contribution < 1.29 is 19.1 Å². The van der Waals surface area contributed by atoms with E-state index in [0.29, 0.717) is 67.6 Å². The predicted octanol–water partition coefficient (Wildman–Crippen LogP) is 11.2. The molecule has 2 aliphatic carbocycles. The molecular weight excluding hydrogens is 944 g/mol. The van der Waals surface area contributed by atoms with Crippen molar-refractivity contribution in [2.24, 2.45) is 0 Å². The monoisotopic (exact) mass is 1010 g/mol. The van der Waals surface area contributed by atoms with Crippen molar-refractivity contribution in [3.05, 3.63) is 101 Å².